The summed E-state index contributed by atoms with van der Waals surface area (Å²) in [7, 11) is 1.39. The number of hydrogen-bond acceptors (Lipinski definition) is 4. The Morgan fingerprint density at radius 2 is 2.50 bits per heavy atom. The van der Waals surface area contributed by atoms with Crippen LogP contribution in [0.4, 0.5) is 0 Å². The number of pyridine rings is 1. The molecule has 4 nitrogen and oxygen atoms in total. The van der Waals surface area contributed by atoms with Crippen molar-refractivity contribution >= 4 is 5.97 Å². The Balaban J connectivity index is 2.32. The number of methoxy groups -OCH3 is 1. The first-order chi connectivity index (χ1) is 7.65. The largest absolute Gasteiger partial charge is 0.469 e. The molecule has 0 saturated heterocycles. The molecule has 1 unspecified atom stereocenters. The van der Waals surface area contributed by atoms with Crippen LogP contribution < -0.4 is 5.73 Å². The highest BCUT2D eigenvalue weighted by molar-refractivity contribution is 5.71. The number of esters is 1. The van der Waals surface area contributed by atoms with Crippen LogP contribution in [-0.4, -0.2) is 18.1 Å². The number of carbonyl (C=O) groups is 1. The number of nitrogens with two attached hydrogens (primary N) is 1. The summed E-state index contributed by atoms with van der Waals surface area (Å²) in [6, 6.07) is 3.83. The minimum atomic E-state index is -0.602. The molecule has 1 aliphatic carbocycles. The molecule has 0 aromatic carbocycles. The quantitative estimate of drug-likeness (QED) is 0.759. The molecule has 1 aromatic rings. The monoisotopic (exact) mass is 220 g/mol. The minimum absolute atomic E-state index is 0.224. The number of hydrogen-bond donors (Lipinski definition) is 1. The highest BCUT2D eigenvalue weighted by Gasteiger charge is 2.35. The van der Waals surface area contributed by atoms with Crippen molar-refractivity contribution < 1.29 is 9.53 Å². The summed E-state index contributed by atoms with van der Waals surface area (Å²) in [4.78, 5) is 15.7. The third-order valence-electron chi connectivity index (χ3n) is 3.15. The van der Waals surface area contributed by atoms with E-state index < -0.39 is 5.54 Å². The Bertz CT molecular complexity index is 406. The molecule has 0 bridgehead atoms. The molecule has 0 radical (unpaired) electrons. The van der Waals surface area contributed by atoms with Crippen LogP contribution in [-0.2, 0) is 21.5 Å². The van der Waals surface area contributed by atoms with Gasteiger partial charge in [0.2, 0.25) is 0 Å². The molecule has 1 aliphatic rings. The second-order valence-electron chi connectivity index (χ2n) is 4.26. The molecule has 0 aliphatic heterocycles. The van der Waals surface area contributed by atoms with Gasteiger partial charge in [0.05, 0.1) is 19.1 Å². The maximum atomic E-state index is 11.4. The molecule has 0 saturated carbocycles. The van der Waals surface area contributed by atoms with Crippen molar-refractivity contribution in [3.8, 4) is 0 Å². The van der Waals surface area contributed by atoms with Crippen molar-refractivity contribution in [2.24, 2.45) is 5.73 Å². The number of carbonyl (C=O) groups excluding carboxylic acids is 1. The van der Waals surface area contributed by atoms with Crippen LogP contribution in [0.3, 0.4) is 0 Å². The molecule has 1 aromatic heterocycles. The Morgan fingerprint density at radius 3 is 3.25 bits per heavy atom. The Hall–Kier alpha value is -1.42. The van der Waals surface area contributed by atoms with Gasteiger partial charge in [-0.2, -0.15) is 0 Å². The standard InChI is InChI=1S/C12H16N2O2/c1-16-11(15)8-12(13)6-2-5-10-9(12)4-3-7-14-10/h3-4,7H,2,5-6,8,13H2,1H3. The predicted octanol–water partition coefficient (Wildman–Crippen LogP) is 1.13. The molecule has 1 atom stereocenters. The SMILES string of the molecule is COC(=O)CC1(N)CCCc2ncccc21. The highest BCUT2D eigenvalue weighted by atomic mass is 16.5. The van der Waals surface area contributed by atoms with Crippen LogP contribution in [0.1, 0.15) is 30.5 Å². The van der Waals surface area contributed by atoms with E-state index in [9.17, 15) is 4.79 Å². The van der Waals surface area contributed by atoms with Crippen molar-refractivity contribution in [3.63, 3.8) is 0 Å². The van der Waals surface area contributed by atoms with Crippen molar-refractivity contribution in [1.82, 2.24) is 4.98 Å². The molecule has 4 heteroatoms. The first-order valence-electron chi connectivity index (χ1n) is 5.46. The topological polar surface area (TPSA) is 65.2 Å². The van der Waals surface area contributed by atoms with E-state index in [1.807, 2.05) is 12.1 Å². The highest BCUT2D eigenvalue weighted by Crippen LogP contribution is 2.34. The second kappa shape index (κ2) is 4.22. The summed E-state index contributed by atoms with van der Waals surface area (Å²) < 4.78 is 4.69. The maximum Gasteiger partial charge on any atom is 0.307 e. The maximum absolute atomic E-state index is 11.4. The molecule has 0 fully saturated rings. The number of aryl methyl sites for hydroxylation is 1. The van der Waals surface area contributed by atoms with E-state index in [0.717, 1.165) is 30.5 Å². The van der Waals surface area contributed by atoms with E-state index in [4.69, 9.17) is 10.5 Å². The Labute approximate surface area is 94.8 Å². The molecule has 2 N–H and O–H groups in total. The molecule has 16 heavy (non-hydrogen) atoms. The van der Waals surface area contributed by atoms with Crippen molar-refractivity contribution in [1.29, 1.82) is 0 Å². The van der Waals surface area contributed by atoms with Gasteiger partial charge in [-0.3, -0.25) is 9.78 Å². The first kappa shape index (κ1) is 11.1. The number of ether oxygens (including phenoxy) is 1. The fraction of sp³-hybridized carbons (Fsp3) is 0.500. The van der Waals surface area contributed by atoms with E-state index in [2.05, 4.69) is 4.98 Å². The van der Waals surface area contributed by atoms with Gasteiger partial charge in [-0.1, -0.05) is 6.07 Å². The van der Waals surface area contributed by atoms with E-state index >= 15 is 0 Å². The molecule has 0 spiro atoms. The average molecular weight is 220 g/mol. The zero-order valence-electron chi connectivity index (χ0n) is 9.40. The van der Waals surface area contributed by atoms with Gasteiger partial charge in [0.15, 0.2) is 0 Å². The van der Waals surface area contributed by atoms with Crippen LogP contribution >= 0.6 is 0 Å². The number of nitrogens with zero attached hydrogens (tertiary/aromatic N) is 1. The fourth-order valence-electron chi connectivity index (χ4n) is 2.31. The minimum Gasteiger partial charge on any atom is -0.469 e. The number of rotatable bonds is 2. The van der Waals surface area contributed by atoms with Gasteiger partial charge in [-0.25, -0.2) is 0 Å². The lowest BCUT2D eigenvalue weighted by Crippen LogP contribution is -2.42. The molecule has 86 valence electrons. The normalized spacial score (nSPS) is 23.6. The summed E-state index contributed by atoms with van der Waals surface area (Å²) in [5.41, 5.74) is 7.71. The van der Waals surface area contributed by atoms with Crippen molar-refractivity contribution in [3.05, 3.63) is 29.6 Å². The van der Waals surface area contributed by atoms with Crippen LogP contribution in [0.2, 0.25) is 0 Å². The molecular weight excluding hydrogens is 204 g/mol. The summed E-state index contributed by atoms with van der Waals surface area (Å²) in [6.07, 6.45) is 4.71. The number of aromatic nitrogens is 1. The van der Waals surface area contributed by atoms with Crippen LogP contribution in [0, 0.1) is 0 Å². The van der Waals surface area contributed by atoms with Crippen LogP contribution in [0.25, 0.3) is 0 Å². The van der Waals surface area contributed by atoms with Gasteiger partial charge in [0.1, 0.15) is 0 Å². The lowest BCUT2D eigenvalue weighted by atomic mass is 9.77. The van der Waals surface area contributed by atoms with E-state index in [0.29, 0.717) is 0 Å². The molecule has 0 amide bonds. The molecular formula is C12H16N2O2. The summed E-state index contributed by atoms with van der Waals surface area (Å²) in [6.45, 7) is 0. The molecule has 2 rings (SSSR count). The van der Waals surface area contributed by atoms with Gasteiger partial charge < -0.3 is 10.5 Å². The fourth-order valence-corrected chi connectivity index (χ4v) is 2.31. The number of fused-ring (bicyclic) bond motifs is 1. The van der Waals surface area contributed by atoms with Gasteiger partial charge >= 0.3 is 5.97 Å². The smallest absolute Gasteiger partial charge is 0.307 e. The predicted molar refractivity (Wildman–Crippen MR) is 59.7 cm³/mol. The van der Waals surface area contributed by atoms with Crippen LogP contribution in [0.5, 0.6) is 0 Å². The average Bonchev–Trinajstić information content (AvgIpc) is 2.29. The van der Waals surface area contributed by atoms with Gasteiger partial charge in [-0.05, 0) is 30.9 Å². The first-order valence-corrected chi connectivity index (χ1v) is 5.46. The Morgan fingerprint density at radius 1 is 1.69 bits per heavy atom. The second-order valence-corrected chi connectivity index (χ2v) is 4.26. The summed E-state index contributed by atoms with van der Waals surface area (Å²) >= 11 is 0. The summed E-state index contributed by atoms with van der Waals surface area (Å²) in [5, 5.41) is 0. The Kier molecular flexibility index (Phi) is 2.92. The third-order valence-corrected chi connectivity index (χ3v) is 3.15. The summed E-state index contributed by atoms with van der Waals surface area (Å²) in [5.74, 6) is -0.265. The van der Waals surface area contributed by atoms with Gasteiger partial charge in [0.25, 0.3) is 0 Å². The van der Waals surface area contributed by atoms with E-state index in [1.165, 1.54) is 7.11 Å². The zero-order chi connectivity index (χ0) is 11.6. The van der Waals surface area contributed by atoms with Crippen molar-refractivity contribution in [2.75, 3.05) is 7.11 Å². The lowest BCUT2D eigenvalue weighted by molar-refractivity contribution is -0.142. The van der Waals surface area contributed by atoms with Gasteiger partial charge in [-0.15, -0.1) is 0 Å². The van der Waals surface area contributed by atoms with Crippen molar-refractivity contribution in [2.45, 2.75) is 31.2 Å². The van der Waals surface area contributed by atoms with Gasteiger partial charge in [0, 0.05) is 11.9 Å². The van der Waals surface area contributed by atoms with E-state index in [-0.39, 0.29) is 12.4 Å². The third kappa shape index (κ3) is 1.93. The van der Waals surface area contributed by atoms with Crippen LogP contribution in [0.15, 0.2) is 18.3 Å². The molecule has 1 heterocycles. The van der Waals surface area contributed by atoms with E-state index in [1.54, 1.807) is 6.20 Å². The zero-order valence-corrected chi connectivity index (χ0v) is 9.40. The lowest BCUT2D eigenvalue weighted by Gasteiger charge is -2.34.